The maximum absolute atomic E-state index is 6.12. The molecule has 1 aromatic carbocycles. The zero-order chi connectivity index (χ0) is 14.4. The van der Waals surface area contributed by atoms with Crippen LogP contribution in [-0.2, 0) is 11.0 Å². The van der Waals surface area contributed by atoms with Gasteiger partial charge in [0.15, 0.2) is 8.32 Å². The van der Waals surface area contributed by atoms with Crippen molar-refractivity contribution in [2.24, 2.45) is 0 Å². The molecule has 0 saturated heterocycles. The van der Waals surface area contributed by atoms with E-state index in [-0.39, 0.29) is 5.04 Å². The topological polar surface area (TPSA) is 35.2 Å². The standard InChI is InChI=1S/C13H23NOSi.C2H6/c1-13(2,3)16(4,5)15-10-11-6-8-12(14)9-7-11;1-2/h6-9H,10,14H2,1-5H3;1-2H3. The predicted octanol–water partition coefficient (Wildman–Crippen LogP) is 4.82. The molecule has 0 saturated carbocycles. The second-order valence-electron chi connectivity index (χ2n) is 5.79. The van der Waals surface area contributed by atoms with E-state index < -0.39 is 8.32 Å². The summed E-state index contributed by atoms with van der Waals surface area (Å²) in [6.07, 6.45) is 0. The lowest BCUT2D eigenvalue weighted by molar-refractivity contribution is 0.276. The van der Waals surface area contributed by atoms with Crippen molar-refractivity contribution < 1.29 is 4.43 Å². The lowest BCUT2D eigenvalue weighted by Gasteiger charge is -2.36. The fourth-order valence-electron chi connectivity index (χ4n) is 1.09. The minimum absolute atomic E-state index is 0.265. The summed E-state index contributed by atoms with van der Waals surface area (Å²) in [5.74, 6) is 0. The highest BCUT2D eigenvalue weighted by Gasteiger charge is 2.36. The largest absolute Gasteiger partial charge is 0.413 e. The van der Waals surface area contributed by atoms with E-state index in [4.69, 9.17) is 10.2 Å². The van der Waals surface area contributed by atoms with Crippen LogP contribution in [0.25, 0.3) is 0 Å². The number of rotatable bonds is 3. The third kappa shape index (κ3) is 5.23. The second kappa shape index (κ2) is 6.95. The smallest absolute Gasteiger partial charge is 0.192 e. The molecule has 0 unspecified atom stereocenters. The minimum Gasteiger partial charge on any atom is -0.413 e. The molecule has 2 N–H and O–H groups in total. The summed E-state index contributed by atoms with van der Waals surface area (Å²) in [6.45, 7) is 16.0. The molecule has 0 aliphatic rings. The average Bonchev–Trinajstić information content (AvgIpc) is 2.29. The van der Waals surface area contributed by atoms with E-state index in [9.17, 15) is 0 Å². The van der Waals surface area contributed by atoms with Gasteiger partial charge >= 0.3 is 0 Å². The summed E-state index contributed by atoms with van der Waals surface area (Å²) in [5, 5.41) is 0.265. The molecule has 0 radical (unpaired) electrons. The van der Waals surface area contributed by atoms with Crippen molar-refractivity contribution in [1.29, 1.82) is 0 Å². The molecule has 0 spiro atoms. The highest BCUT2D eigenvalue weighted by Crippen LogP contribution is 2.37. The Morgan fingerprint density at radius 3 is 1.89 bits per heavy atom. The van der Waals surface area contributed by atoms with Gasteiger partial charge in [-0.1, -0.05) is 46.8 Å². The van der Waals surface area contributed by atoms with Crippen molar-refractivity contribution in [1.82, 2.24) is 0 Å². The van der Waals surface area contributed by atoms with E-state index in [0.717, 1.165) is 5.69 Å². The van der Waals surface area contributed by atoms with Crippen molar-refractivity contribution in [3.63, 3.8) is 0 Å². The molecule has 18 heavy (non-hydrogen) atoms. The SMILES string of the molecule is CC.CC(C)(C)[Si](C)(C)OCc1ccc(N)cc1. The molecule has 0 heterocycles. The molecule has 104 valence electrons. The van der Waals surface area contributed by atoms with Crippen LogP contribution in [0.4, 0.5) is 5.69 Å². The van der Waals surface area contributed by atoms with Crippen molar-refractivity contribution in [2.45, 2.75) is 59.4 Å². The summed E-state index contributed by atoms with van der Waals surface area (Å²) >= 11 is 0. The third-order valence-electron chi connectivity index (χ3n) is 3.39. The van der Waals surface area contributed by atoms with Crippen LogP contribution in [0.15, 0.2) is 24.3 Å². The molecule has 1 rings (SSSR count). The molecule has 0 amide bonds. The molecule has 2 nitrogen and oxygen atoms in total. The molecule has 0 aromatic heterocycles. The van der Waals surface area contributed by atoms with Gasteiger partial charge in [0.25, 0.3) is 0 Å². The van der Waals surface area contributed by atoms with Crippen LogP contribution in [-0.4, -0.2) is 8.32 Å². The Balaban J connectivity index is 0.00000137. The Bertz CT molecular complexity index is 339. The first-order chi connectivity index (χ1) is 8.22. The van der Waals surface area contributed by atoms with Crippen molar-refractivity contribution >= 4 is 14.0 Å². The van der Waals surface area contributed by atoms with Gasteiger partial charge in [0.2, 0.25) is 0 Å². The zero-order valence-corrected chi connectivity index (χ0v) is 14.0. The molecule has 0 aliphatic carbocycles. The molecule has 1 aromatic rings. The molecule has 0 aliphatic heterocycles. The maximum Gasteiger partial charge on any atom is 0.192 e. The Morgan fingerprint density at radius 1 is 1.06 bits per heavy atom. The maximum atomic E-state index is 6.12. The first kappa shape index (κ1) is 17.2. The van der Waals surface area contributed by atoms with Gasteiger partial charge < -0.3 is 10.2 Å². The number of nitrogen functional groups attached to an aromatic ring is 1. The van der Waals surface area contributed by atoms with Crippen molar-refractivity contribution in [3.05, 3.63) is 29.8 Å². The second-order valence-corrected chi connectivity index (χ2v) is 10.6. The van der Waals surface area contributed by atoms with Gasteiger partial charge in [0, 0.05) is 5.69 Å². The van der Waals surface area contributed by atoms with Gasteiger partial charge in [-0.3, -0.25) is 0 Å². The number of nitrogens with two attached hydrogens (primary N) is 1. The van der Waals surface area contributed by atoms with Crippen LogP contribution >= 0.6 is 0 Å². The summed E-state index contributed by atoms with van der Waals surface area (Å²) in [6, 6.07) is 7.90. The van der Waals surface area contributed by atoms with Gasteiger partial charge in [-0.05, 0) is 35.8 Å². The van der Waals surface area contributed by atoms with E-state index in [2.05, 4.69) is 33.9 Å². The van der Waals surface area contributed by atoms with Gasteiger partial charge in [-0.2, -0.15) is 0 Å². The summed E-state index contributed by atoms with van der Waals surface area (Å²) < 4.78 is 6.12. The van der Waals surface area contributed by atoms with Crippen LogP contribution < -0.4 is 5.73 Å². The Morgan fingerprint density at radius 2 is 1.50 bits per heavy atom. The molecule has 0 atom stereocenters. The number of hydrogen-bond acceptors (Lipinski definition) is 2. The molecular formula is C15H29NOSi. The number of hydrogen-bond donors (Lipinski definition) is 1. The molecule has 0 fully saturated rings. The van der Waals surface area contributed by atoms with Gasteiger partial charge in [-0.25, -0.2) is 0 Å². The van der Waals surface area contributed by atoms with Crippen LogP contribution in [0.5, 0.6) is 0 Å². The fourth-order valence-corrected chi connectivity index (χ4v) is 2.05. The first-order valence-corrected chi connectivity index (χ1v) is 9.61. The summed E-state index contributed by atoms with van der Waals surface area (Å²) in [5.41, 5.74) is 7.64. The van der Waals surface area contributed by atoms with E-state index in [0.29, 0.717) is 6.61 Å². The third-order valence-corrected chi connectivity index (χ3v) is 7.86. The first-order valence-electron chi connectivity index (χ1n) is 6.71. The van der Waals surface area contributed by atoms with Gasteiger partial charge in [0.1, 0.15) is 0 Å². The van der Waals surface area contributed by atoms with Crippen LogP contribution in [0.2, 0.25) is 18.1 Å². The van der Waals surface area contributed by atoms with Crippen LogP contribution in [0.3, 0.4) is 0 Å². The Labute approximate surface area is 114 Å². The predicted molar refractivity (Wildman–Crippen MR) is 84.2 cm³/mol. The van der Waals surface area contributed by atoms with Gasteiger partial charge in [-0.15, -0.1) is 0 Å². The summed E-state index contributed by atoms with van der Waals surface area (Å²) in [4.78, 5) is 0. The van der Waals surface area contributed by atoms with E-state index in [1.807, 2.05) is 38.1 Å². The van der Waals surface area contributed by atoms with E-state index in [1.54, 1.807) is 0 Å². The van der Waals surface area contributed by atoms with E-state index in [1.165, 1.54) is 5.56 Å². The monoisotopic (exact) mass is 267 g/mol. The average molecular weight is 267 g/mol. The highest BCUT2D eigenvalue weighted by atomic mass is 28.4. The lowest BCUT2D eigenvalue weighted by Crippen LogP contribution is -2.40. The highest BCUT2D eigenvalue weighted by molar-refractivity contribution is 6.74. The van der Waals surface area contributed by atoms with Gasteiger partial charge in [0.05, 0.1) is 6.61 Å². The van der Waals surface area contributed by atoms with Crippen molar-refractivity contribution in [2.75, 3.05) is 5.73 Å². The lowest BCUT2D eigenvalue weighted by atomic mass is 10.2. The molecular weight excluding hydrogens is 238 g/mol. The normalized spacial score (nSPS) is 11.7. The van der Waals surface area contributed by atoms with E-state index >= 15 is 0 Å². The minimum atomic E-state index is -1.63. The molecule has 3 heteroatoms. The zero-order valence-electron chi connectivity index (χ0n) is 13.0. The summed E-state index contributed by atoms with van der Waals surface area (Å²) in [7, 11) is -1.63. The van der Waals surface area contributed by atoms with Crippen molar-refractivity contribution in [3.8, 4) is 0 Å². The van der Waals surface area contributed by atoms with Crippen LogP contribution in [0, 0.1) is 0 Å². The number of anilines is 1. The Hall–Kier alpha value is -0.803. The fraction of sp³-hybridized carbons (Fsp3) is 0.600. The van der Waals surface area contributed by atoms with Crippen LogP contribution in [0.1, 0.15) is 40.2 Å². The number of benzene rings is 1. The Kier molecular flexibility index (Phi) is 6.64. The molecule has 0 bridgehead atoms. The quantitative estimate of drug-likeness (QED) is 0.629.